The van der Waals surface area contributed by atoms with Gasteiger partial charge in [0.25, 0.3) is 5.91 Å². The molecule has 0 aliphatic carbocycles. The number of carbonyl (C=O) groups excluding carboxylic acids is 1. The molecular weight excluding hydrogens is 342 g/mol. The molecule has 3 N–H and O–H groups in total. The van der Waals surface area contributed by atoms with Gasteiger partial charge in [-0.25, -0.2) is 18.5 Å². The largest absolute Gasteiger partial charge is 0.481 e. The van der Waals surface area contributed by atoms with Crippen LogP contribution in [0.25, 0.3) is 0 Å². The molecule has 122 valence electrons. The number of rotatable bonds is 5. The van der Waals surface area contributed by atoms with Crippen LogP contribution in [0.1, 0.15) is 15.9 Å². The van der Waals surface area contributed by atoms with Gasteiger partial charge in [-0.1, -0.05) is 17.7 Å². The van der Waals surface area contributed by atoms with Crippen LogP contribution in [0.4, 0.5) is 0 Å². The number of amides is 1. The first kappa shape index (κ1) is 17.2. The molecule has 2 rings (SSSR count). The molecule has 1 aromatic heterocycles. The van der Waals surface area contributed by atoms with E-state index in [1.807, 2.05) is 0 Å². The third-order valence-electron chi connectivity index (χ3n) is 2.96. The van der Waals surface area contributed by atoms with E-state index in [1.165, 1.54) is 19.2 Å². The standard InChI is InChI=1S/C14H14ClN3O4S/c1-22-13-5-2-9(7-17-13)8-18-14(19)10-3-4-11(15)12(6-10)23(16,20)21/h2-7H,8H2,1H3,(H,18,19)(H2,16,20,21). The first-order chi connectivity index (χ1) is 10.8. The summed E-state index contributed by atoms with van der Waals surface area (Å²) in [6.07, 6.45) is 1.57. The Morgan fingerprint density at radius 1 is 1.35 bits per heavy atom. The number of ether oxygens (including phenoxy) is 1. The number of benzene rings is 1. The molecule has 0 radical (unpaired) electrons. The molecule has 0 aliphatic heterocycles. The van der Waals surface area contributed by atoms with Crippen molar-refractivity contribution in [1.82, 2.24) is 10.3 Å². The fraction of sp³-hybridized carbons (Fsp3) is 0.143. The van der Waals surface area contributed by atoms with Gasteiger partial charge >= 0.3 is 0 Å². The average Bonchev–Trinajstić information content (AvgIpc) is 2.52. The van der Waals surface area contributed by atoms with Gasteiger partial charge in [-0.05, 0) is 23.8 Å². The number of aromatic nitrogens is 1. The minimum absolute atomic E-state index is 0.0385. The third kappa shape index (κ3) is 4.41. The lowest BCUT2D eigenvalue weighted by Crippen LogP contribution is -2.23. The van der Waals surface area contributed by atoms with Gasteiger partial charge in [0.05, 0.1) is 12.1 Å². The number of sulfonamides is 1. The lowest BCUT2D eigenvalue weighted by Gasteiger charge is -2.08. The molecule has 1 heterocycles. The minimum Gasteiger partial charge on any atom is -0.481 e. The lowest BCUT2D eigenvalue weighted by atomic mass is 10.2. The second kappa shape index (κ2) is 6.95. The maximum absolute atomic E-state index is 12.1. The van der Waals surface area contributed by atoms with Crippen LogP contribution in [0.3, 0.4) is 0 Å². The summed E-state index contributed by atoms with van der Waals surface area (Å²) >= 11 is 5.78. The Morgan fingerprint density at radius 2 is 2.09 bits per heavy atom. The van der Waals surface area contributed by atoms with Gasteiger partial charge in [0.1, 0.15) is 4.90 Å². The molecule has 0 atom stereocenters. The molecule has 23 heavy (non-hydrogen) atoms. The van der Waals surface area contributed by atoms with Crippen molar-refractivity contribution in [2.75, 3.05) is 7.11 Å². The Balaban J connectivity index is 2.11. The molecule has 7 nitrogen and oxygen atoms in total. The number of carbonyl (C=O) groups is 1. The quantitative estimate of drug-likeness (QED) is 0.840. The predicted octanol–water partition coefficient (Wildman–Crippen LogP) is 1.32. The zero-order chi connectivity index (χ0) is 17.0. The number of halogens is 1. The molecule has 0 aliphatic rings. The summed E-state index contributed by atoms with van der Waals surface area (Å²) in [6.45, 7) is 0.225. The summed E-state index contributed by atoms with van der Waals surface area (Å²) in [6, 6.07) is 7.29. The van der Waals surface area contributed by atoms with E-state index in [2.05, 4.69) is 10.3 Å². The molecule has 0 saturated heterocycles. The summed E-state index contributed by atoms with van der Waals surface area (Å²) in [4.78, 5) is 15.8. The number of primary sulfonamides is 1. The van der Waals surface area contributed by atoms with E-state index in [0.29, 0.717) is 5.88 Å². The van der Waals surface area contributed by atoms with Crippen LogP contribution in [-0.2, 0) is 16.6 Å². The van der Waals surface area contributed by atoms with Gasteiger partial charge in [-0.15, -0.1) is 0 Å². The number of nitrogens with zero attached hydrogens (tertiary/aromatic N) is 1. The maximum atomic E-state index is 12.1. The zero-order valence-corrected chi connectivity index (χ0v) is 13.7. The summed E-state index contributed by atoms with van der Waals surface area (Å²) in [7, 11) is -2.49. The first-order valence-corrected chi connectivity index (χ1v) is 8.33. The van der Waals surface area contributed by atoms with Gasteiger partial charge in [-0.3, -0.25) is 4.79 Å². The highest BCUT2D eigenvalue weighted by molar-refractivity contribution is 7.89. The molecule has 1 aromatic carbocycles. The number of pyridine rings is 1. The van der Waals surface area contributed by atoms with Gasteiger partial charge in [0, 0.05) is 24.4 Å². The van der Waals surface area contributed by atoms with Gasteiger partial charge in [-0.2, -0.15) is 0 Å². The molecule has 0 unspecified atom stereocenters. The third-order valence-corrected chi connectivity index (χ3v) is 4.35. The van der Waals surface area contributed by atoms with Crippen LogP contribution in [0.2, 0.25) is 5.02 Å². The zero-order valence-electron chi connectivity index (χ0n) is 12.1. The van der Waals surface area contributed by atoms with E-state index in [1.54, 1.807) is 18.3 Å². The van der Waals surface area contributed by atoms with Crippen LogP contribution >= 0.6 is 11.6 Å². The smallest absolute Gasteiger partial charge is 0.251 e. The monoisotopic (exact) mass is 355 g/mol. The van der Waals surface area contributed by atoms with Crippen LogP contribution in [0, 0.1) is 0 Å². The van der Waals surface area contributed by atoms with E-state index >= 15 is 0 Å². The SMILES string of the molecule is COc1ccc(CNC(=O)c2ccc(Cl)c(S(N)(=O)=O)c2)cn1. The van der Waals surface area contributed by atoms with Crippen LogP contribution < -0.4 is 15.2 Å². The Kier molecular flexibility index (Phi) is 5.19. The Hall–Kier alpha value is -2.16. The van der Waals surface area contributed by atoms with Crippen LogP contribution in [-0.4, -0.2) is 26.4 Å². The number of methoxy groups -OCH3 is 1. The highest BCUT2D eigenvalue weighted by Gasteiger charge is 2.16. The molecule has 0 bridgehead atoms. The Morgan fingerprint density at radius 3 is 2.65 bits per heavy atom. The number of nitrogens with two attached hydrogens (primary N) is 1. The fourth-order valence-corrected chi connectivity index (χ4v) is 2.85. The lowest BCUT2D eigenvalue weighted by molar-refractivity contribution is 0.0950. The molecule has 9 heteroatoms. The van der Waals surface area contributed by atoms with E-state index in [0.717, 1.165) is 11.6 Å². The second-order valence-corrected chi connectivity index (χ2v) is 6.52. The van der Waals surface area contributed by atoms with Crippen molar-refractivity contribution in [2.24, 2.45) is 5.14 Å². The number of hydrogen-bond acceptors (Lipinski definition) is 5. The van der Waals surface area contributed by atoms with Crippen LogP contribution in [0.5, 0.6) is 5.88 Å². The van der Waals surface area contributed by atoms with Crippen molar-refractivity contribution in [2.45, 2.75) is 11.4 Å². The van der Waals surface area contributed by atoms with Crippen molar-refractivity contribution in [1.29, 1.82) is 0 Å². The number of hydrogen-bond donors (Lipinski definition) is 2. The van der Waals surface area contributed by atoms with Crippen molar-refractivity contribution in [3.63, 3.8) is 0 Å². The highest BCUT2D eigenvalue weighted by Crippen LogP contribution is 2.21. The molecular formula is C14H14ClN3O4S. The normalized spacial score (nSPS) is 11.1. The Bertz CT molecular complexity index is 822. The predicted molar refractivity (Wildman–Crippen MR) is 84.8 cm³/mol. The van der Waals surface area contributed by atoms with Gasteiger partial charge < -0.3 is 10.1 Å². The molecule has 0 fully saturated rings. The summed E-state index contributed by atoms with van der Waals surface area (Å²) in [5.74, 6) is 0.0120. The highest BCUT2D eigenvalue weighted by atomic mass is 35.5. The van der Waals surface area contributed by atoms with E-state index in [9.17, 15) is 13.2 Å². The summed E-state index contributed by atoms with van der Waals surface area (Å²) in [5, 5.41) is 7.67. The second-order valence-electron chi connectivity index (χ2n) is 4.58. The van der Waals surface area contributed by atoms with E-state index < -0.39 is 15.9 Å². The van der Waals surface area contributed by atoms with Crippen molar-refractivity contribution >= 4 is 27.5 Å². The first-order valence-electron chi connectivity index (χ1n) is 6.40. The average molecular weight is 356 g/mol. The topological polar surface area (TPSA) is 111 Å². The van der Waals surface area contributed by atoms with E-state index in [-0.39, 0.29) is 22.0 Å². The molecule has 0 saturated carbocycles. The Labute approximate surface area is 138 Å². The van der Waals surface area contributed by atoms with Crippen molar-refractivity contribution in [3.8, 4) is 5.88 Å². The van der Waals surface area contributed by atoms with Gasteiger partial charge in [0.15, 0.2) is 0 Å². The molecule has 1 amide bonds. The summed E-state index contributed by atoms with van der Waals surface area (Å²) in [5.41, 5.74) is 0.902. The molecule has 0 spiro atoms. The van der Waals surface area contributed by atoms with Gasteiger partial charge in [0.2, 0.25) is 15.9 Å². The van der Waals surface area contributed by atoms with Crippen LogP contribution in [0.15, 0.2) is 41.4 Å². The van der Waals surface area contributed by atoms with Crippen molar-refractivity contribution in [3.05, 3.63) is 52.7 Å². The van der Waals surface area contributed by atoms with E-state index in [4.69, 9.17) is 21.5 Å². The minimum atomic E-state index is -4.00. The summed E-state index contributed by atoms with van der Waals surface area (Å²) < 4.78 is 27.8. The molecule has 2 aromatic rings. The maximum Gasteiger partial charge on any atom is 0.251 e. The fourth-order valence-electron chi connectivity index (χ4n) is 1.78. The van der Waals surface area contributed by atoms with Crippen molar-refractivity contribution < 1.29 is 17.9 Å². The number of nitrogens with one attached hydrogen (secondary N) is 1.